The van der Waals surface area contributed by atoms with Crippen LogP contribution in [0, 0.1) is 5.92 Å². The van der Waals surface area contributed by atoms with Gasteiger partial charge in [-0.15, -0.1) is 0 Å². The van der Waals surface area contributed by atoms with Crippen molar-refractivity contribution in [2.24, 2.45) is 5.92 Å². The summed E-state index contributed by atoms with van der Waals surface area (Å²) in [5.74, 6) is 0.821. The molecule has 4 nitrogen and oxygen atoms in total. The van der Waals surface area contributed by atoms with Crippen molar-refractivity contribution in [3.63, 3.8) is 0 Å². The van der Waals surface area contributed by atoms with Gasteiger partial charge in [-0.05, 0) is 24.3 Å². The summed E-state index contributed by atoms with van der Waals surface area (Å²) < 4.78 is 0. The molecule has 0 aliphatic heterocycles. The first-order valence-electron chi connectivity index (χ1n) is 6.37. The van der Waals surface area contributed by atoms with Gasteiger partial charge >= 0.3 is 0 Å². The van der Waals surface area contributed by atoms with E-state index in [1.807, 2.05) is 48.6 Å². The summed E-state index contributed by atoms with van der Waals surface area (Å²) in [4.78, 5) is 22.8. The first-order chi connectivity index (χ1) is 9.86. The molecule has 1 amide bonds. The molecule has 0 aromatic carbocycles. The standard InChI is InChI=1S/C16H13N3O/c20-16(13-7-1-2-8-13)19(14-9-3-5-11-17-14)15-10-4-6-12-18-15/h1-13H. The highest BCUT2D eigenvalue weighted by Gasteiger charge is 2.25. The summed E-state index contributed by atoms with van der Waals surface area (Å²) in [7, 11) is 0. The Bertz CT molecular complexity index is 598. The molecule has 2 aromatic rings. The topological polar surface area (TPSA) is 46.1 Å². The smallest absolute Gasteiger partial charge is 0.244 e. The van der Waals surface area contributed by atoms with Gasteiger partial charge in [-0.1, -0.05) is 36.4 Å². The van der Waals surface area contributed by atoms with Crippen molar-refractivity contribution in [3.8, 4) is 0 Å². The molecule has 0 radical (unpaired) electrons. The van der Waals surface area contributed by atoms with Crippen LogP contribution >= 0.6 is 0 Å². The minimum Gasteiger partial charge on any atom is -0.273 e. The van der Waals surface area contributed by atoms with Gasteiger partial charge < -0.3 is 0 Å². The molecule has 2 heterocycles. The molecule has 2 aromatic heterocycles. The molecule has 0 unspecified atom stereocenters. The summed E-state index contributed by atoms with van der Waals surface area (Å²) in [6, 6.07) is 10.9. The van der Waals surface area contributed by atoms with Crippen LogP contribution in [0.3, 0.4) is 0 Å². The Hall–Kier alpha value is -2.75. The number of aromatic nitrogens is 2. The molecule has 3 rings (SSSR count). The van der Waals surface area contributed by atoms with E-state index < -0.39 is 0 Å². The number of rotatable bonds is 3. The minimum absolute atomic E-state index is 0.0626. The van der Waals surface area contributed by atoms with E-state index in [0.717, 1.165) is 0 Å². The van der Waals surface area contributed by atoms with Crippen molar-refractivity contribution in [3.05, 3.63) is 73.1 Å². The first-order valence-corrected chi connectivity index (χ1v) is 6.37. The van der Waals surface area contributed by atoms with Crippen molar-refractivity contribution in [2.45, 2.75) is 0 Å². The van der Waals surface area contributed by atoms with Crippen LogP contribution in [-0.2, 0) is 4.79 Å². The molecule has 0 saturated carbocycles. The molecule has 0 spiro atoms. The van der Waals surface area contributed by atoms with Gasteiger partial charge in [-0.3, -0.25) is 4.79 Å². The van der Waals surface area contributed by atoms with Crippen LogP contribution in [-0.4, -0.2) is 15.9 Å². The monoisotopic (exact) mass is 263 g/mol. The molecular formula is C16H13N3O. The molecule has 0 atom stereocenters. The average molecular weight is 263 g/mol. The number of nitrogens with zero attached hydrogens (tertiary/aromatic N) is 3. The van der Waals surface area contributed by atoms with Crippen molar-refractivity contribution < 1.29 is 4.79 Å². The number of hydrogen-bond acceptors (Lipinski definition) is 3. The Kier molecular flexibility index (Phi) is 3.37. The number of amides is 1. The molecule has 20 heavy (non-hydrogen) atoms. The SMILES string of the molecule is O=C(C1C=CC=C1)N(c1ccccn1)c1ccccn1. The zero-order chi connectivity index (χ0) is 13.8. The Labute approximate surface area is 117 Å². The first kappa shape index (κ1) is 12.3. The highest BCUT2D eigenvalue weighted by Crippen LogP contribution is 2.25. The van der Waals surface area contributed by atoms with Crippen LogP contribution in [0.25, 0.3) is 0 Å². The zero-order valence-electron chi connectivity index (χ0n) is 10.8. The zero-order valence-corrected chi connectivity index (χ0v) is 10.8. The Morgan fingerprint density at radius 3 is 1.90 bits per heavy atom. The second-order valence-corrected chi connectivity index (χ2v) is 4.35. The number of pyridine rings is 2. The number of allylic oxidation sites excluding steroid dienone is 2. The highest BCUT2D eigenvalue weighted by atomic mass is 16.2. The predicted octanol–water partition coefficient (Wildman–Crippen LogP) is 2.88. The molecule has 98 valence electrons. The van der Waals surface area contributed by atoms with Gasteiger partial charge in [0.25, 0.3) is 0 Å². The lowest BCUT2D eigenvalue weighted by molar-refractivity contribution is -0.119. The molecular weight excluding hydrogens is 250 g/mol. The Morgan fingerprint density at radius 2 is 1.45 bits per heavy atom. The molecule has 0 fully saturated rings. The van der Waals surface area contributed by atoms with Gasteiger partial charge in [-0.2, -0.15) is 0 Å². The number of carbonyl (C=O) groups excluding carboxylic acids is 1. The molecule has 0 saturated heterocycles. The second-order valence-electron chi connectivity index (χ2n) is 4.35. The third-order valence-corrected chi connectivity index (χ3v) is 3.01. The Balaban J connectivity index is 2.02. The third kappa shape index (κ3) is 2.36. The normalized spacial score (nSPS) is 13.6. The van der Waals surface area contributed by atoms with E-state index in [1.54, 1.807) is 29.4 Å². The maximum absolute atomic E-state index is 12.7. The van der Waals surface area contributed by atoms with Crippen molar-refractivity contribution in [1.82, 2.24) is 9.97 Å². The van der Waals surface area contributed by atoms with Crippen LogP contribution < -0.4 is 4.90 Å². The average Bonchev–Trinajstić information content (AvgIpc) is 3.04. The van der Waals surface area contributed by atoms with E-state index in [4.69, 9.17) is 0 Å². The van der Waals surface area contributed by atoms with Crippen LogP contribution in [0.2, 0.25) is 0 Å². The van der Waals surface area contributed by atoms with Gasteiger partial charge in [-0.25, -0.2) is 14.9 Å². The van der Waals surface area contributed by atoms with Crippen LogP contribution in [0.15, 0.2) is 73.1 Å². The van der Waals surface area contributed by atoms with E-state index in [1.165, 1.54) is 0 Å². The van der Waals surface area contributed by atoms with E-state index in [0.29, 0.717) is 11.6 Å². The third-order valence-electron chi connectivity index (χ3n) is 3.01. The number of hydrogen-bond donors (Lipinski definition) is 0. The summed E-state index contributed by atoms with van der Waals surface area (Å²) in [6.45, 7) is 0. The maximum atomic E-state index is 12.7. The largest absolute Gasteiger partial charge is 0.273 e. The fourth-order valence-electron chi connectivity index (χ4n) is 2.06. The van der Waals surface area contributed by atoms with Gasteiger partial charge in [0.2, 0.25) is 5.91 Å². The van der Waals surface area contributed by atoms with Gasteiger partial charge in [0, 0.05) is 12.4 Å². The van der Waals surface area contributed by atoms with Crippen molar-refractivity contribution in [2.75, 3.05) is 4.90 Å². The summed E-state index contributed by atoms with van der Waals surface area (Å²) in [5.41, 5.74) is 0. The predicted molar refractivity (Wildman–Crippen MR) is 77.4 cm³/mol. The molecule has 1 aliphatic rings. The van der Waals surface area contributed by atoms with Crippen LogP contribution in [0.5, 0.6) is 0 Å². The fraction of sp³-hybridized carbons (Fsp3) is 0.0625. The van der Waals surface area contributed by atoms with Crippen molar-refractivity contribution in [1.29, 1.82) is 0 Å². The summed E-state index contributed by atoms with van der Waals surface area (Å²) in [5, 5.41) is 0. The molecule has 1 aliphatic carbocycles. The quantitative estimate of drug-likeness (QED) is 0.855. The highest BCUT2D eigenvalue weighted by molar-refractivity contribution is 6.02. The summed E-state index contributed by atoms with van der Waals surface area (Å²) in [6.07, 6.45) is 10.8. The van der Waals surface area contributed by atoms with E-state index in [9.17, 15) is 4.79 Å². The molecule has 0 N–H and O–H groups in total. The lowest BCUT2D eigenvalue weighted by Crippen LogP contribution is -2.31. The summed E-state index contributed by atoms with van der Waals surface area (Å²) >= 11 is 0. The van der Waals surface area contributed by atoms with Gasteiger partial charge in [0.05, 0.1) is 5.92 Å². The number of carbonyl (C=O) groups is 1. The van der Waals surface area contributed by atoms with E-state index >= 15 is 0 Å². The number of anilines is 2. The lowest BCUT2D eigenvalue weighted by atomic mass is 10.1. The molecule has 0 bridgehead atoms. The van der Waals surface area contributed by atoms with Crippen LogP contribution in [0.4, 0.5) is 11.6 Å². The van der Waals surface area contributed by atoms with Crippen molar-refractivity contribution >= 4 is 17.5 Å². The second kappa shape index (κ2) is 5.48. The van der Waals surface area contributed by atoms with E-state index in [-0.39, 0.29) is 11.8 Å². The van der Waals surface area contributed by atoms with E-state index in [2.05, 4.69) is 9.97 Å². The van der Waals surface area contributed by atoms with Gasteiger partial charge in [0.1, 0.15) is 11.6 Å². The molecule has 4 heteroatoms. The van der Waals surface area contributed by atoms with Gasteiger partial charge in [0.15, 0.2) is 0 Å². The fourth-order valence-corrected chi connectivity index (χ4v) is 2.06. The lowest BCUT2D eigenvalue weighted by Gasteiger charge is -2.22. The Morgan fingerprint density at radius 1 is 0.900 bits per heavy atom. The van der Waals surface area contributed by atoms with Crippen LogP contribution in [0.1, 0.15) is 0 Å². The maximum Gasteiger partial charge on any atom is 0.244 e. The minimum atomic E-state index is -0.265.